The van der Waals surface area contributed by atoms with E-state index in [1.54, 1.807) is 11.7 Å². The summed E-state index contributed by atoms with van der Waals surface area (Å²) in [5.74, 6) is -0.0111. The van der Waals surface area contributed by atoms with Crippen molar-refractivity contribution in [2.24, 2.45) is 0 Å². The number of aromatic nitrogens is 2. The van der Waals surface area contributed by atoms with Crippen molar-refractivity contribution in [1.82, 2.24) is 14.7 Å². The van der Waals surface area contributed by atoms with E-state index >= 15 is 0 Å². The Hall–Kier alpha value is -3.41. The molecule has 0 bridgehead atoms. The lowest BCUT2D eigenvalue weighted by Crippen LogP contribution is -2.38. The topological polar surface area (TPSA) is 67.2 Å². The first-order chi connectivity index (χ1) is 15.6. The third kappa shape index (κ3) is 5.89. The lowest BCUT2D eigenvalue weighted by molar-refractivity contribution is -0.134. The Morgan fingerprint density at radius 1 is 1.06 bits per heavy atom. The molecular formula is C27H34N4O2. The molecule has 3 aromatic rings. The molecule has 0 fully saturated rings. The van der Waals surface area contributed by atoms with E-state index in [0.29, 0.717) is 12.2 Å². The van der Waals surface area contributed by atoms with Gasteiger partial charge in [0.2, 0.25) is 11.8 Å². The Balaban J connectivity index is 1.78. The number of carbonyl (C=O) groups excluding carboxylic acids is 2. The molecular weight excluding hydrogens is 412 g/mol. The number of nitrogens with one attached hydrogen (secondary N) is 1. The SMILES string of the molecule is CCC(C(=O)N(C)CC(=O)Nc1cc(C(C)(C)C)nn1-c1ccc(C)cc1)c1ccccc1. The summed E-state index contributed by atoms with van der Waals surface area (Å²) < 4.78 is 1.75. The molecule has 1 unspecified atom stereocenters. The van der Waals surface area contributed by atoms with Crippen LogP contribution in [0.1, 0.15) is 56.9 Å². The average molecular weight is 447 g/mol. The number of benzene rings is 2. The van der Waals surface area contributed by atoms with E-state index in [2.05, 4.69) is 26.1 Å². The molecule has 2 aromatic carbocycles. The lowest BCUT2D eigenvalue weighted by atomic mass is 9.92. The molecule has 0 aliphatic heterocycles. The molecule has 33 heavy (non-hydrogen) atoms. The number of likely N-dealkylation sites (N-methyl/N-ethyl adjacent to an activating group) is 1. The van der Waals surface area contributed by atoms with Crippen molar-refractivity contribution in [2.45, 2.75) is 52.4 Å². The van der Waals surface area contributed by atoms with Crippen LogP contribution in [0.3, 0.4) is 0 Å². The highest BCUT2D eigenvalue weighted by atomic mass is 16.2. The molecule has 1 heterocycles. The van der Waals surface area contributed by atoms with Crippen LogP contribution < -0.4 is 5.32 Å². The Morgan fingerprint density at radius 2 is 1.70 bits per heavy atom. The van der Waals surface area contributed by atoms with Gasteiger partial charge in [0.1, 0.15) is 5.82 Å². The highest BCUT2D eigenvalue weighted by molar-refractivity contribution is 5.95. The molecule has 0 aliphatic carbocycles. The number of anilines is 1. The second-order valence-electron chi connectivity index (χ2n) is 9.53. The maximum atomic E-state index is 13.0. The summed E-state index contributed by atoms with van der Waals surface area (Å²) >= 11 is 0. The van der Waals surface area contributed by atoms with Gasteiger partial charge in [-0.2, -0.15) is 5.10 Å². The predicted octanol–water partition coefficient (Wildman–Crippen LogP) is 5.07. The van der Waals surface area contributed by atoms with Crippen LogP contribution in [-0.2, 0) is 15.0 Å². The van der Waals surface area contributed by atoms with Crippen LogP contribution in [-0.4, -0.2) is 40.1 Å². The summed E-state index contributed by atoms with van der Waals surface area (Å²) in [5.41, 5.74) is 3.68. The molecule has 1 aromatic heterocycles. The zero-order valence-electron chi connectivity index (χ0n) is 20.4. The molecule has 6 heteroatoms. The van der Waals surface area contributed by atoms with Gasteiger partial charge in [-0.25, -0.2) is 4.68 Å². The Kier molecular flexibility index (Phi) is 7.36. The van der Waals surface area contributed by atoms with Crippen molar-refractivity contribution < 1.29 is 9.59 Å². The van der Waals surface area contributed by atoms with Gasteiger partial charge in [-0.3, -0.25) is 9.59 Å². The van der Waals surface area contributed by atoms with Crippen molar-refractivity contribution in [3.63, 3.8) is 0 Å². The van der Waals surface area contributed by atoms with Gasteiger partial charge >= 0.3 is 0 Å². The van der Waals surface area contributed by atoms with Crippen molar-refractivity contribution in [1.29, 1.82) is 0 Å². The van der Waals surface area contributed by atoms with Crippen molar-refractivity contribution in [3.8, 4) is 5.69 Å². The zero-order chi connectivity index (χ0) is 24.2. The number of amides is 2. The number of hydrogen-bond donors (Lipinski definition) is 1. The summed E-state index contributed by atoms with van der Waals surface area (Å²) in [7, 11) is 1.67. The molecule has 0 radical (unpaired) electrons. The standard InChI is InChI=1S/C27H34N4O2/c1-7-22(20-11-9-8-10-12-20)26(33)30(6)18-25(32)28-24-17-23(27(3,4)5)29-31(24)21-15-13-19(2)14-16-21/h8-17,22H,7,18H2,1-6H3,(H,28,32). The van der Waals surface area contributed by atoms with E-state index < -0.39 is 0 Å². The summed E-state index contributed by atoms with van der Waals surface area (Å²) in [5, 5.41) is 7.72. The number of nitrogens with zero attached hydrogens (tertiary/aromatic N) is 3. The van der Waals surface area contributed by atoms with Crippen molar-refractivity contribution in [2.75, 3.05) is 18.9 Å². The Labute approximate surface area is 196 Å². The fourth-order valence-corrected chi connectivity index (χ4v) is 3.70. The quantitative estimate of drug-likeness (QED) is 0.551. The lowest BCUT2D eigenvalue weighted by Gasteiger charge is -2.23. The Morgan fingerprint density at radius 3 is 2.27 bits per heavy atom. The van der Waals surface area contributed by atoms with Crippen molar-refractivity contribution >= 4 is 17.6 Å². The van der Waals surface area contributed by atoms with Crippen LogP contribution in [0.5, 0.6) is 0 Å². The first kappa shape index (κ1) is 24.2. The first-order valence-electron chi connectivity index (χ1n) is 11.4. The van der Waals surface area contributed by atoms with Crippen LogP contribution in [0.25, 0.3) is 5.69 Å². The molecule has 0 spiro atoms. The molecule has 3 rings (SSSR count). The normalized spacial score (nSPS) is 12.3. The van der Waals surface area contributed by atoms with Crippen LogP contribution >= 0.6 is 0 Å². The predicted molar refractivity (Wildman–Crippen MR) is 133 cm³/mol. The average Bonchev–Trinajstić information content (AvgIpc) is 3.19. The second-order valence-corrected chi connectivity index (χ2v) is 9.53. The summed E-state index contributed by atoms with van der Waals surface area (Å²) in [6.45, 7) is 10.2. The van der Waals surface area contributed by atoms with E-state index in [9.17, 15) is 9.59 Å². The largest absolute Gasteiger partial charge is 0.336 e. The fraction of sp³-hybridized carbons (Fsp3) is 0.370. The van der Waals surface area contributed by atoms with E-state index in [-0.39, 0.29) is 29.7 Å². The fourth-order valence-electron chi connectivity index (χ4n) is 3.70. The number of aryl methyl sites for hydroxylation is 1. The Bertz CT molecular complexity index is 1100. The molecule has 174 valence electrons. The van der Waals surface area contributed by atoms with Gasteiger partial charge in [0.05, 0.1) is 23.8 Å². The summed E-state index contributed by atoms with van der Waals surface area (Å²) in [6.07, 6.45) is 0.671. The summed E-state index contributed by atoms with van der Waals surface area (Å²) in [6, 6.07) is 19.6. The van der Waals surface area contributed by atoms with Gasteiger partial charge < -0.3 is 10.2 Å². The smallest absolute Gasteiger partial charge is 0.245 e. The number of rotatable bonds is 7. The van der Waals surface area contributed by atoms with Gasteiger partial charge in [0.25, 0.3) is 0 Å². The highest BCUT2D eigenvalue weighted by Crippen LogP contribution is 2.27. The number of hydrogen-bond acceptors (Lipinski definition) is 3. The third-order valence-corrected chi connectivity index (χ3v) is 5.69. The molecule has 0 saturated carbocycles. The molecule has 6 nitrogen and oxygen atoms in total. The maximum Gasteiger partial charge on any atom is 0.245 e. The van der Waals surface area contributed by atoms with Crippen LogP contribution in [0, 0.1) is 6.92 Å². The molecule has 2 amide bonds. The molecule has 1 N–H and O–H groups in total. The van der Waals surface area contributed by atoms with Crippen LogP contribution in [0.2, 0.25) is 0 Å². The molecule has 1 atom stereocenters. The second kappa shape index (κ2) is 10.0. The van der Waals surface area contributed by atoms with Crippen molar-refractivity contribution in [3.05, 3.63) is 77.5 Å². The van der Waals surface area contributed by atoms with Crippen LogP contribution in [0.15, 0.2) is 60.7 Å². The molecule has 0 aliphatic rings. The van der Waals surface area contributed by atoms with E-state index in [1.807, 2.05) is 74.5 Å². The summed E-state index contributed by atoms with van der Waals surface area (Å²) in [4.78, 5) is 27.5. The third-order valence-electron chi connectivity index (χ3n) is 5.69. The molecule has 0 saturated heterocycles. The van der Waals surface area contributed by atoms with E-state index in [4.69, 9.17) is 5.10 Å². The van der Waals surface area contributed by atoms with Gasteiger partial charge in [-0.1, -0.05) is 75.7 Å². The van der Waals surface area contributed by atoms with Gasteiger partial charge in [0.15, 0.2) is 0 Å². The maximum absolute atomic E-state index is 13.0. The van der Waals surface area contributed by atoms with Crippen LogP contribution in [0.4, 0.5) is 5.82 Å². The van der Waals surface area contributed by atoms with Gasteiger partial charge in [-0.15, -0.1) is 0 Å². The minimum absolute atomic E-state index is 0.0356. The number of carbonyl (C=O) groups is 2. The first-order valence-corrected chi connectivity index (χ1v) is 11.4. The van der Waals surface area contributed by atoms with Gasteiger partial charge in [0, 0.05) is 18.5 Å². The van der Waals surface area contributed by atoms with E-state index in [1.165, 1.54) is 4.90 Å². The van der Waals surface area contributed by atoms with Gasteiger partial charge in [-0.05, 0) is 31.0 Å². The highest BCUT2D eigenvalue weighted by Gasteiger charge is 2.25. The monoisotopic (exact) mass is 446 g/mol. The van der Waals surface area contributed by atoms with E-state index in [0.717, 1.165) is 22.5 Å². The zero-order valence-corrected chi connectivity index (χ0v) is 20.4. The minimum atomic E-state index is -0.269. The minimum Gasteiger partial charge on any atom is -0.336 e.